The van der Waals surface area contributed by atoms with E-state index < -0.39 is 23.6 Å². The van der Waals surface area contributed by atoms with Gasteiger partial charge in [0.05, 0.1) is 23.0 Å². The van der Waals surface area contributed by atoms with E-state index in [9.17, 15) is 26.3 Å². The molecule has 0 saturated heterocycles. The highest BCUT2D eigenvalue weighted by Crippen LogP contribution is 2.34. The first kappa shape index (κ1) is 23.3. The molecular weight excluding hydrogens is 458 g/mol. The topological polar surface area (TPSA) is 56.2 Å². The van der Waals surface area contributed by atoms with Crippen LogP contribution in [0.2, 0.25) is 0 Å². The van der Waals surface area contributed by atoms with Gasteiger partial charge in [0, 0.05) is 11.1 Å². The van der Waals surface area contributed by atoms with E-state index in [-0.39, 0.29) is 22.5 Å². The first-order valence-corrected chi connectivity index (χ1v) is 10.0. The minimum Gasteiger partial charge on any atom is -0.330 e. The van der Waals surface area contributed by atoms with Crippen molar-refractivity contribution in [3.8, 4) is 23.1 Å². The van der Waals surface area contributed by atoms with Gasteiger partial charge in [-0.05, 0) is 48.9 Å². The minimum absolute atomic E-state index is 0.0941. The first-order chi connectivity index (χ1) is 16.1. The summed E-state index contributed by atoms with van der Waals surface area (Å²) in [5, 5.41) is 3.79. The molecular formula is C24H16F6N4. The highest BCUT2D eigenvalue weighted by atomic mass is 19.4. The van der Waals surface area contributed by atoms with Crippen LogP contribution in [0.25, 0.3) is 16.9 Å². The van der Waals surface area contributed by atoms with Crippen LogP contribution in [-0.2, 0) is 18.8 Å². The Morgan fingerprint density at radius 1 is 0.853 bits per heavy atom. The summed E-state index contributed by atoms with van der Waals surface area (Å²) in [6.45, 7) is 0.502. The van der Waals surface area contributed by atoms with E-state index in [1.165, 1.54) is 6.20 Å². The minimum atomic E-state index is -4.78. The van der Waals surface area contributed by atoms with Gasteiger partial charge in [0.1, 0.15) is 0 Å². The molecule has 2 N–H and O–H groups in total. The van der Waals surface area contributed by atoms with Crippen LogP contribution in [-0.4, -0.2) is 21.1 Å². The van der Waals surface area contributed by atoms with E-state index in [1.807, 2.05) is 12.1 Å². The maximum absolute atomic E-state index is 13.7. The van der Waals surface area contributed by atoms with Crippen LogP contribution in [0, 0.1) is 11.8 Å². The molecule has 2 aromatic carbocycles. The predicted octanol–water partition coefficient (Wildman–Crippen LogP) is 5.33. The van der Waals surface area contributed by atoms with Gasteiger partial charge < -0.3 is 5.73 Å². The van der Waals surface area contributed by atoms with Gasteiger partial charge in [-0.2, -0.15) is 31.4 Å². The quantitative estimate of drug-likeness (QED) is 0.322. The Kier molecular flexibility index (Phi) is 6.06. The van der Waals surface area contributed by atoms with E-state index in [2.05, 4.69) is 21.9 Å². The SMILES string of the molecule is NCCc1ccc(C#Cc2cnn3c(C(F)(F)F)cc(-c4ccc(C(F)(F)F)cc4)nc23)cc1. The fourth-order valence-corrected chi connectivity index (χ4v) is 3.29. The molecule has 0 aliphatic rings. The molecule has 0 amide bonds. The van der Waals surface area contributed by atoms with Crippen molar-refractivity contribution >= 4 is 5.65 Å². The second-order valence-electron chi connectivity index (χ2n) is 7.38. The Labute approximate surface area is 190 Å². The molecule has 4 aromatic rings. The monoisotopic (exact) mass is 474 g/mol. The number of benzene rings is 2. The van der Waals surface area contributed by atoms with E-state index in [0.717, 1.165) is 35.9 Å². The predicted molar refractivity (Wildman–Crippen MR) is 114 cm³/mol. The molecule has 0 bridgehead atoms. The average molecular weight is 474 g/mol. The maximum Gasteiger partial charge on any atom is 0.433 e. The van der Waals surface area contributed by atoms with Gasteiger partial charge in [-0.1, -0.05) is 36.1 Å². The number of nitrogens with two attached hydrogens (primary N) is 1. The normalized spacial score (nSPS) is 12.0. The lowest BCUT2D eigenvalue weighted by Gasteiger charge is -2.12. The van der Waals surface area contributed by atoms with Crippen molar-refractivity contribution in [1.82, 2.24) is 14.6 Å². The fourth-order valence-electron chi connectivity index (χ4n) is 3.29. The van der Waals surface area contributed by atoms with Crippen molar-refractivity contribution in [2.24, 2.45) is 5.73 Å². The molecule has 0 fully saturated rings. The summed E-state index contributed by atoms with van der Waals surface area (Å²) < 4.78 is 80.3. The summed E-state index contributed by atoms with van der Waals surface area (Å²) in [7, 11) is 0. The van der Waals surface area contributed by atoms with Crippen LogP contribution in [0.3, 0.4) is 0 Å². The summed E-state index contributed by atoms with van der Waals surface area (Å²) in [5.41, 5.74) is 5.09. The number of hydrogen-bond donors (Lipinski definition) is 1. The maximum atomic E-state index is 13.7. The van der Waals surface area contributed by atoms with Crippen molar-refractivity contribution < 1.29 is 26.3 Å². The smallest absolute Gasteiger partial charge is 0.330 e. The zero-order chi connectivity index (χ0) is 24.5. The summed E-state index contributed by atoms with van der Waals surface area (Å²) in [6.07, 6.45) is -7.47. The van der Waals surface area contributed by atoms with Crippen molar-refractivity contribution in [3.63, 3.8) is 0 Å². The molecule has 2 aromatic heterocycles. The van der Waals surface area contributed by atoms with Gasteiger partial charge in [0.15, 0.2) is 11.3 Å². The van der Waals surface area contributed by atoms with Crippen LogP contribution in [0.4, 0.5) is 26.3 Å². The molecule has 2 heterocycles. The van der Waals surface area contributed by atoms with Crippen molar-refractivity contribution in [2.45, 2.75) is 18.8 Å². The Balaban J connectivity index is 1.79. The van der Waals surface area contributed by atoms with Crippen molar-refractivity contribution in [1.29, 1.82) is 0 Å². The lowest BCUT2D eigenvalue weighted by molar-refractivity contribution is -0.142. The largest absolute Gasteiger partial charge is 0.433 e. The molecule has 0 aliphatic heterocycles. The van der Waals surface area contributed by atoms with Crippen molar-refractivity contribution in [2.75, 3.05) is 6.54 Å². The number of alkyl halides is 6. The number of halogens is 6. The molecule has 0 unspecified atom stereocenters. The number of nitrogens with zero attached hydrogens (tertiary/aromatic N) is 3. The fraction of sp³-hybridized carbons (Fsp3) is 0.167. The molecule has 0 atom stereocenters. The van der Waals surface area contributed by atoms with E-state index >= 15 is 0 Å². The average Bonchev–Trinajstić information content (AvgIpc) is 3.20. The zero-order valence-corrected chi connectivity index (χ0v) is 17.4. The summed E-state index contributed by atoms with van der Waals surface area (Å²) in [4.78, 5) is 4.22. The molecule has 0 spiro atoms. The highest BCUT2D eigenvalue weighted by Gasteiger charge is 2.36. The number of aromatic nitrogens is 3. The third-order valence-electron chi connectivity index (χ3n) is 5.00. The molecule has 0 saturated carbocycles. The van der Waals surface area contributed by atoms with Gasteiger partial charge in [-0.3, -0.25) is 0 Å². The molecule has 4 rings (SSSR count). The Bertz CT molecular complexity index is 1370. The number of fused-ring (bicyclic) bond motifs is 1. The highest BCUT2D eigenvalue weighted by molar-refractivity contribution is 5.67. The molecule has 10 heteroatoms. The van der Waals surface area contributed by atoms with Crippen LogP contribution in [0.5, 0.6) is 0 Å². The zero-order valence-electron chi connectivity index (χ0n) is 17.4. The van der Waals surface area contributed by atoms with E-state index in [1.54, 1.807) is 12.1 Å². The van der Waals surface area contributed by atoms with Gasteiger partial charge in [0.2, 0.25) is 0 Å². The first-order valence-electron chi connectivity index (χ1n) is 10.0. The summed E-state index contributed by atoms with van der Waals surface area (Å²) in [6, 6.07) is 11.7. The lowest BCUT2D eigenvalue weighted by Crippen LogP contribution is -2.13. The van der Waals surface area contributed by atoms with Gasteiger partial charge in [-0.25, -0.2) is 9.50 Å². The second kappa shape index (κ2) is 8.83. The summed E-state index contributed by atoms with van der Waals surface area (Å²) >= 11 is 0. The van der Waals surface area contributed by atoms with E-state index in [4.69, 9.17) is 5.73 Å². The number of rotatable bonds is 3. The molecule has 0 aliphatic carbocycles. The van der Waals surface area contributed by atoms with Crippen LogP contribution in [0.1, 0.15) is 27.9 Å². The second-order valence-corrected chi connectivity index (χ2v) is 7.38. The van der Waals surface area contributed by atoms with Crippen LogP contribution in [0.15, 0.2) is 60.8 Å². The lowest BCUT2D eigenvalue weighted by atomic mass is 10.1. The third kappa shape index (κ3) is 4.89. The standard InChI is InChI=1S/C24H16F6N4/c25-23(26,27)19-9-7-17(8-10-19)20-13-21(24(28,29)30)34-22(33-20)18(14-32-34)6-5-15-1-3-16(4-2-15)11-12-31/h1-4,7-10,13-14H,11-12,31H2. The van der Waals surface area contributed by atoms with Gasteiger partial charge in [-0.15, -0.1) is 0 Å². The number of hydrogen-bond acceptors (Lipinski definition) is 3. The van der Waals surface area contributed by atoms with Crippen LogP contribution < -0.4 is 5.73 Å². The Hall–Kier alpha value is -3.84. The Morgan fingerprint density at radius 3 is 2.12 bits per heavy atom. The molecule has 34 heavy (non-hydrogen) atoms. The van der Waals surface area contributed by atoms with Crippen LogP contribution >= 0.6 is 0 Å². The third-order valence-corrected chi connectivity index (χ3v) is 5.00. The molecule has 4 nitrogen and oxygen atoms in total. The Morgan fingerprint density at radius 2 is 1.53 bits per heavy atom. The molecule has 174 valence electrons. The van der Waals surface area contributed by atoms with Gasteiger partial charge >= 0.3 is 12.4 Å². The van der Waals surface area contributed by atoms with Crippen molar-refractivity contribution in [3.05, 3.63) is 88.7 Å². The molecule has 0 radical (unpaired) electrons. The summed E-state index contributed by atoms with van der Waals surface area (Å²) in [5.74, 6) is 5.65. The van der Waals surface area contributed by atoms with Gasteiger partial charge in [0.25, 0.3) is 0 Å². The van der Waals surface area contributed by atoms with E-state index in [0.29, 0.717) is 23.0 Å².